The third-order valence-electron chi connectivity index (χ3n) is 3.98. The molecule has 0 aliphatic rings. The first-order valence-corrected chi connectivity index (χ1v) is 9.97. The average Bonchev–Trinajstić information content (AvgIpc) is 2.61. The van der Waals surface area contributed by atoms with E-state index in [0.29, 0.717) is 27.2 Å². The first-order chi connectivity index (χ1) is 12.7. The molecule has 0 unspecified atom stereocenters. The summed E-state index contributed by atoms with van der Waals surface area (Å²) in [4.78, 5) is 16.0. The molecular formula is C17H16ClN5O3S. The van der Waals surface area contributed by atoms with E-state index in [1.807, 2.05) is 0 Å². The molecule has 1 aromatic carbocycles. The second kappa shape index (κ2) is 7.09. The van der Waals surface area contributed by atoms with Gasteiger partial charge in [-0.3, -0.25) is 9.78 Å². The molecule has 0 atom stereocenters. The number of amides is 1. The quantitative estimate of drug-likeness (QED) is 0.667. The standard InChI is InChI=1S/C17H16ClN5O3S/c1-3-27(25,26)12-4-9(2)14-13(6-12)15(16(17(19)24)23-22-14)21-11-5-10(18)7-20-8-11/h4-8H,3H2,1-2H3,(H2,19,24)(H,21,22). The number of primary amides is 1. The number of pyridine rings is 1. The van der Waals surface area contributed by atoms with E-state index < -0.39 is 15.7 Å². The molecule has 1 amide bonds. The highest BCUT2D eigenvalue weighted by Gasteiger charge is 2.20. The molecule has 0 radical (unpaired) electrons. The van der Waals surface area contributed by atoms with Crippen LogP contribution in [0.5, 0.6) is 0 Å². The van der Waals surface area contributed by atoms with Crippen molar-refractivity contribution in [1.82, 2.24) is 15.2 Å². The fourth-order valence-electron chi connectivity index (χ4n) is 2.62. The molecule has 2 aromatic heterocycles. The topological polar surface area (TPSA) is 128 Å². The number of aromatic nitrogens is 3. The molecule has 3 aromatic rings. The smallest absolute Gasteiger partial charge is 0.271 e. The van der Waals surface area contributed by atoms with Crippen LogP contribution in [0.3, 0.4) is 0 Å². The Balaban J connectivity index is 2.33. The van der Waals surface area contributed by atoms with E-state index in [1.54, 1.807) is 19.9 Å². The largest absolute Gasteiger partial charge is 0.364 e. The number of carbonyl (C=O) groups excluding carboxylic acids is 1. The number of aryl methyl sites for hydroxylation is 1. The summed E-state index contributed by atoms with van der Waals surface area (Å²) >= 11 is 5.96. The molecule has 0 saturated carbocycles. The normalized spacial score (nSPS) is 11.5. The van der Waals surface area contributed by atoms with E-state index in [2.05, 4.69) is 20.5 Å². The highest BCUT2D eigenvalue weighted by Crippen LogP contribution is 2.32. The summed E-state index contributed by atoms with van der Waals surface area (Å²) in [6, 6.07) is 4.60. The molecule has 3 rings (SSSR count). The van der Waals surface area contributed by atoms with Crippen molar-refractivity contribution in [2.45, 2.75) is 18.7 Å². The number of halogens is 1. The third kappa shape index (κ3) is 3.69. The molecule has 0 saturated heterocycles. The Bertz CT molecular complexity index is 1160. The molecule has 0 bridgehead atoms. The molecule has 0 aliphatic carbocycles. The lowest BCUT2D eigenvalue weighted by Gasteiger charge is -2.14. The lowest BCUT2D eigenvalue weighted by atomic mass is 10.1. The van der Waals surface area contributed by atoms with E-state index in [9.17, 15) is 13.2 Å². The van der Waals surface area contributed by atoms with Crippen LogP contribution in [0, 0.1) is 6.92 Å². The van der Waals surface area contributed by atoms with Crippen LogP contribution >= 0.6 is 11.6 Å². The molecule has 10 heteroatoms. The summed E-state index contributed by atoms with van der Waals surface area (Å²) < 4.78 is 24.7. The lowest BCUT2D eigenvalue weighted by molar-refractivity contribution is 0.0995. The zero-order chi connectivity index (χ0) is 19.8. The first kappa shape index (κ1) is 19.0. The number of nitrogens with one attached hydrogen (secondary N) is 1. The second-order valence-electron chi connectivity index (χ2n) is 5.84. The van der Waals surface area contributed by atoms with Gasteiger partial charge in [0.1, 0.15) is 0 Å². The van der Waals surface area contributed by atoms with Crippen molar-refractivity contribution < 1.29 is 13.2 Å². The van der Waals surface area contributed by atoms with Crippen LogP contribution in [0.2, 0.25) is 5.02 Å². The Hall–Kier alpha value is -2.78. The minimum atomic E-state index is -3.47. The zero-order valence-corrected chi connectivity index (χ0v) is 16.1. The monoisotopic (exact) mass is 405 g/mol. The predicted octanol–water partition coefficient (Wildman–Crippen LogP) is 2.62. The van der Waals surface area contributed by atoms with Crippen LogP contribution in [0.15, 0.2) is 35.5 Å². The van der Waals surface area contributed by atoms with Gasteiger partial charge in [-0.2, -0.15) is 0 Å². The van der Waals surface area contributed by atoms with Gasteiger partial charge in [0.25, 0.3) is 5.91 Å². The van der Waals surface area contributed by atoms with Crippen LogP contribution in [-0.4, -0.2) is 35.3 Å². The highest BCUT2D eigenvalue weighted by atomic mass is 35.5. The Morgan fingerprint density at radius 1 is 1.22 bits per heavy atom. The number of rotatable bonds is 5. The van der Waals surface area contributed by atoms with E-state index in [4.69, 9.17) is 17.3 Å². The van der Waals surface area contributed by atoms with Gasteiger partial charge < -0.3 is 11.1 Å². The summed E-state index contributed by atoms with van der Waals surface area (Å²) in [7, 11) is -3.47. The van der Waals surface area contributed by atoms with E-state index in [1.165, 1.54) is 24.5 Å². The van der Waals surface area contributed by atoms with Crippen LogP contribution in [0.4, 0.5) is 11.4 Å². The Kier molecular flexibility index (Phi) is 4.99. The number of carbonyl (C=O) groups is 1. The number of nitrogens with two attached hydrogens (primary N) is 1. The van der Waals surface area contributed by atoms with Gasteiger partial charge in [-0.15, -0.1) is 10.2 Å². The minimum Gasteiger partial charge on any atom is -0.364 e. The zero-order valence-electron chi connectivity index (χ0n) is 14.5. The molecule has 8 nitrogen and oxygen atoms in total. The van der Waals surface area contributed by atoms with Crippen LogP contribution in [0.25, 0.3) is 10.9 Å². The number of sulfone groups is 1. The van der Waals surface area contributed by atoms with Gasteiger partial charge in [-0.05, 0) is 30.7 Å². The Labute approximate surface area is 160 Å². The van der Waals surface area contributed by atoms with Gasteiger partial charge in [-0.25, -0.2) is 8.42 Å². The van der Waals surface area contributed by atoms with Gasteiger partial charge in [0.05, 0.1) is 38.8 Å². The van der Waals surface area contributed by atoms with Gasteiger partial charge in [-0.1, -0.05) is 18.5 Å². The van der Waals surface area contributed by atoms with Crippen molar-refractivity contribution in [1.29, 1.82) is 0 Å². The van der Waals surface area contributed by atoms with Gasteiger partial charge >= 0.3 is 0 Å². The Morgan fingerprint density at radius 3 is 2.59 bits per heavy atom. The van der Waals surface area contributed by atoms with Crippen LogP contribution < -0.4 is 11.1 Å². The summed E-state index contributed by atoms with van der Waals surface area (Å²) in [5.74, 6) is -0.858. The van der Waals surface area contributed by atoms with Crippen molar-refractivity contribution in [3.63, 3.8) is 0 Å². The number of hydrogen-bond acceptors (Lipinski definition) is 7. The second-order valence-corrected chi connectivity index (χ2v) is 8.56. The first-order valence-electron chi connectivity index (χ1n) is 7.94. The van der Waals surface area contributed by atoms with Gasteiger partial charge in [0.15, 0.2) is 15.5 Å². The summed E-state index contributed by atoms with van der Waals surface area (Å²) in [6.07, 6.45) is 2.96. The maximum Gasteiger partial charge on any atom is 0.271 e. The number of fused-ring (bicyclic) bond motifs is 1. The van der Waals surface area contributed by atoms with Crippen molar-refractivity contribution in [3.8, 4) is 0 Å². The van der Waals surface area contributed by atoms with Crippen molar-refractivity contribution >= 4 is 49.6 Å². The third-order valence-corrected chi connectivity index (χ3v) is 5.90. The molecule has 0 fully saturated rings. The van der Waals surface area contributed by atoms with Crippen molar-refractivity contribution in [2.75, 3.05) is 11.1 Å². The number of benzene rings is 1. The van der Waals surface area contributed by atoms with E-state index in [-0.39, 0.29) is 22.0 Å². The number of hydrogen-bond donors (Lipinski definition) is 2. The van der Waals surface area contributed by atoms with Crippen LogP contribution in [0.1, 0.15) is 23.0 Å². The fraction of sp³-hybridized carbons (Fsp3) is 0.176. The highest BCUT2D eigenvalue weighted by molar-refractivity contribution is 7.91. The lowest BCUT2D eigenvalue weighted by Crippen LogP contribution is -2.17. The summed E-state index contributed by atoms with van der Waals surface area (Å²) in [6.45, 7) is 3.28. The SMILES string of the molecule is CCS(=O)(=O)c1cc(C)c2nnc(C(N)=O)c(Nc3cncc(Cl)c3)c2c1. The minimum absolute atomic E-state index is 0.0554. The van der Waals surface area contributed by atoms with E-state index in [0.717, 1.165) is 0 Å². The number of anilines is 2. The molecule has 0 aliphatic heterocycles. The van der Waals surface area contributed by atoms with Crippen LogP contribution in [-0.2, 0) is 9.84 Å². The fourth-order valence-corrected chi connectivity index (χ4v) is 3.78. The van der Waals surface area contributed by atoms with Crippen molar-refractivity contribution in [3.05, 3.63) is 46.9 Å². The van der Waals surface area contributed by atoms with E-state index >= 15 is 0 Å². The molecule has 0 spiro atoms. The summed E-state index contributed by atoms with van der Waals surface area (Å²) in [5, 5.41) is 11.8. The molecule has 140 valence electrons. The maximum absolute atomic E-state index is 12.4. The molecular weight excluding hydrogens is 390 g/mol. The Morgan fingerprint density at radius 2 is 1.96 bits per heavy atom. The average molecular weight is 406 g/mol. The molecule has 27 heavy (non-hydrogen) atoms. The molecule has 3 N–H and O–H groups in total. The number of nitrogens with zero attached hydrogens (tertiary/aromatic N) is 3. The summed E-state index contributed by atoms with van der Waals surface area (Å²) in [5.41, 5.74) is 7.11. The van der Waals surface area contributed by atoms with Gasteiger partial charge in [0, 0.05) is 11.6 Å². The van der Waals surface area contributed by atoms with Gasteiger partial charge in [0.2, 0.25) is 0 Å². The molecule has 2 heterocycles. The predicted molar refractivity (Wildman–Crippen MR) is 103 cm³/mol. The van der Waals surface area contributed by atoms with Crippen molar-refractivity contribution in [2.24, 2.45) is 5.73 Å². The maximum atomic E-state index is 12.4.